The van der Waals surface area contributed by atoms with Gasteiger partial charge in [0, 0.05) is 50.9 Å². The number of carboxylic acid groups (broad SMARTS) is 1. The summed E-state index contributed by atoms with van der Waals surface area (Å²) in [6.07, 6.45) is 5.67. The van der Waals surface area contributed by atoms with E-state index in [-0.39, 0.29) is 127 Å². The number of H-pyrrole nitrogens is 1. The van der Waals surface area contributed by atoms with Crippen LogP contribution in [0.15, 0.2) is 46.8 Å². The number of phenolic OH excluding ortho intramolecular Hbond substituents is 1. The minimum atomic E-state index is -1.47. The van der Waals surface area contributed by atoms with E-state index in [0.29, 0.717) is 56.3 Å². The number of carboxylic acids is 1. The highest BCUT2D eigenvalue weighted by atomic mass is 16.4. The quantitative estimate of drug-likeness (QED) is 0.0171. The molecule has 488 valence electrons. The maximum absolute atomic E-state index is 14.8. The minimum Gasteiger partial charge on any atom is -0.508 e. The Labute approximate surface area is 511 Å². The molecule has 0 unspecified atom stereocenters. The number of hydrogen-bond acceptors (Lipinski definition) is 17. The number of nitrogens with two attached hydrogens (primary N) is 7. The monoisotopic (exact) mass is 1240 g/mol. The number of aliphatic carboxylic acids is 1. The summed E-state index contributed by atoms with van der Waals surface area (Å²) in [5.74, 6) is -8.70. The molecule has 32 heteroatoms. The average Bonchev–Trinajstić information content (AvgIpc) is 4.47. The number of guanidine groups is 2. The van der Waals surface area contributed by atoms with Gasteiger partial charge in [-0.3, -0.25) is 53.1 Å². The number of rotatable bonds is 38. The number of imidazole rings is 1. The second-order valence-corrected chi connectivity index (χ2v) is 22.2. The zero-order chi connectivity index (χ0) is 64.9. The summed E-state index contributed by atoms with van der Waals surface area (Å²) < 4.78 is 0. The van der Waals surface area contributed by atoms with Crippen molar-refractivity contribution in [2.24, 2.45) is 56.0 Å². The van der Waals surface area contributed by atoms with E-state index in [4.69, 9.17) is 40.1 Å². The summed E-state index contributed by atoms with van der Waals surface area (Å²) >= 11 is 0. The predicted molar refractivity (Wildman–Crippen MR) is 324 cm³/mol. The number of aromatic hydroxyl groups is 1. The minimum absolute atomic E-state index is 0.00146. The van der Waals surface area contributed by atoms with E-state index in [0.717, 1.165) is 0 Å². The number of phenols is 1. The Kier molecular flexibility index (Phi) is 30.3. The first-order valence-electron chi connectivity index (χ1n) is 29.9. The van der Waals surface area contributed by atoms with Crippen molar-refractivity contribution in [3.8, 4) is 5.75 Å². The van der Waals surface area contributed by atoms with Crippen molar-refractivity contribution in [2.75, 3.05) is 45.8 Å². The molecule has 0 bridgehead atoms. The zero-order valence-electron chi connectivity index (χ0n) is 50.3. The van der Waals surface area contributed by atoms with E-state index in [9.17, 15) is 58.2 Å². The fourth-order valence-electron chi connectivity index (χ4n) is 10.3. The van der Waals surface area contributed by atoms with Gasteiger partial charge in [-0.1, -0.05) is 26.0 Å². The molecule has 2 saturated heterocycles. The largest absolute Gasteiger partial charge is 0.508 e. The average molecular weight is 1240 g/mol. The summed E-state index contributed by atoms with van der Waals surface area (Å²) in [5.41, 5.74) is 40.2. The van der Waals surface area contributed by atoms with Crippen molar-refractivity contribution in [1.29, 1.82) is 0 Å². The number of aromatic amines is 1. The van der Waals surface area contributed by atoms with Gasteiger partial charge in [-0.15, -0.1) is 0 Å². The number of amides is 9. The first-order chi connectivity index (χ1) is 42.0. The predicted octanol–water partition coefficient (Wildman–Crippen LogP) is -4.66. The third kappa shape index (κ3) is 23.6. The van der Waals surface area contributed by atoms with Crippen LogP contribution in [0.3, 0.4) is 0 Å². The molecule has 1 aromatic heterocycles. The van der Waals surface area contributed by atoms with Crippen LogP contribution < -0.4 is 77.4 Å². The van der Waals surface area contributed by atoms with Gasteiger partial charge in [-0.2, -0.15) is 0 Å². The van der Waals surface area contributed by atoms with Crippen LogP contribution in [0.1, 0.15) is 115 Å². The molecular formula is C56H92N20O12. The number of nitrogens with zero attached hydrogens (tertiary/aromatic N) is 5. The smallest absolute Gasteiger partial charge is 0.326 e. The maximum atomic E-state index is 14.8. The lowest BCUT2D eigenvalue weighted by atomic mass is 10.0. The molecule has 0 spiro atoms. The molecular weight excluding hydrogens is 1140 g/mol. The SMILES string of the molecule is CC(C)[C@H](NC(=O)CN)C(=O)N[C@@H](CCCCN)C(=O)N[C@@H](CCCCN)C(=O)N1CCC[C@H]1C(=O)N[C@@H](Cc1cnc[nH]1)C(=O)N[C@@H](CCCN=C(N)N)C(=O)N[C@@H](Cc1ccc(O)cc1)C(=O)N[C@@H](CCCN=C(N)N)C(=O)N1CCC[C@H]1C(=O)O. The fourth-order valence-corrected chi connectivity index (χ4v) is 10.3. The standard InChI is InChI=1S/C56H92N20O12/c1-32(2)45(74-44(78)29-59)51(84)69-36(11-3-5-21-57)46(79)70-38(12-4-6-22-58)52(85)75-25-9-15-42(75)50(83)73-41(28-34-30-64-31-67-34)49(82)68-37(13-7-23-65-55(60)61)47(80)72-40(27-33-17-19-35(77)20-18-33)48(81)71-39(14-8-24-66-56(62)63)53(86)76-26-10-16-43(76)54(87)88/h17-20,30-32,36-43,45,77H,3-16,21-29,57-59H2,1-2H3,(H,64,67)(H,68,82)(H,69,84)(H,70,79)(H,71,81)(H,72,80)(H,73,83)(H,74,78)(H,87,88)(H4,60,61,65)(H4,62,63,66)/t36-,37-,38-,39-,40-,41-,42-,43-,45-/m0/s1. The van der Waals surface area contributed by atoms with E-state index < -0.39 is 114 Å². The van der Waals surface area contributed by atoms with Crippen LogP contribution in [-0.2, 0) is 60.8 Å². The van der Waals surface area contributed by atoms with E-state index in [1.807, 2.05) is 0 Å². The van der Waals surface area contributed by atoms with Crippen LogP contribution in [0.4, 0.5) is 0 Å². The number of carbonyl (C=O) groups excluding carboxylic acids is 9. The third-order valence-corrected chi connectivity index (χ3v) is 15.0. The Morgan fingerprint density at radius 2 is 1.05 bits per heavy atom. The van der Waals surface area contributed by atoms with Gasteiger partial charge in [0.25, 0.3) is 0 Å². The van der Waals surface area contributed by atoms with Crippen molar-refractivity contribution in [1.82, 2.24) is 57.0 Å². The Bertz CT molecular complexity index is 2690. The Hall–Kier alpha value is -8.65. The van der Waals surface area contributed by atoms with Crippen molar-refractivity contribution >= 4 is 71.1 Å². The van der Waals surface area contributed by atoms with Gasteiger partial charge in [0.2, 0.25) is 53.2 Å². The summed E-state index contributed by atoms with van der Waals surface area (Å²) in [6, 6.07) is -5.60. The van der Waals surface area contributed by atoms with Crippen molar-refractivity contribution < 1.29 is 58.2 Å². The van der Waals surface area contributed by atoms with Gasteiger partial charge >= 0.3 is 5.97 Å². The summed E-state index contributed by atoms with van der Waals surface area (Å²) in [6.45, 7) is 3.92. The van der Waals surface area contributed by atoms with Crippen LogP contribution in [0.2, 0.25) is 0 Å². The molecule has 2 aromatic rings. The Morgan fingerprint density at radius 3 is 1.53 bits per heavy atom. The van der Waals surface area contributed by atoms with Gasteiger partial charge in [0.15, 0.2) is 11.9 Å². The van der Waals surface area contributed by atoms with Crippen LogP contribution in [0.25, 0.3) is 0 Å². The fraction of sp³-hybridized carbons (Fsp3) is 0.625. The van der Waals surface area contributed by atoms with Crippen molar-refractivity contribution in [2.45, 2.75) is 171 Å². The van der Waals surface area contributed by atoms with Crippen LogP contribution in [0.5, 0.6) is 5.75 Å². The zero-order valence-corrected chi connectivity index (χ0v) is 50.3. The van der Waals surface area contributed by atoms with Gasteiger partial charge in [0.05, 0.1) is 12.9 Å². The van der Waals surface area contributed by atoms with Crippen LogP contribution >= 0.6 is 0 Å². The second-order valence-electron chi connectivity index (χ2n) is 22.2. The Morgan fingerprint density at radius 1 is 0.591 bits per heavy atom. The number of unbranched alkanes of at least 4 members (excludes halogenated alkanes) is 2. The molecule has 0 aliphatic carbocycles. The number of hydrogen-bond donors (Lipinski definition) is 17. The summed E-state index contributed by atoms with van der Waals surface area (Å²) in [4.78, 5) is 157. The number of aliphatic imine (C=N–C) groups is 2. The molecule has 9 atom stereocenters. The highest BCUT2D eigenvalue weighted by molar-refractivity contribution is 5.99. The topological polar surface area (TPSA) is 537 Å². The highest BCUT2D eigenvalue weighted by Gasteiger charge is 2.42. The molecule has 0 saturated carbocycles. The van der Waals surface area contributed by atoms with E-state index in [1.165, 1.54) is 46.6 Å². The summed E-state index contributed by atoms with van der Waals surface area (Å²) in [7, 11) is 0. The molecule has 24 N–H and O–H groups in total. The molecule has 2 aliphatic heterocycles. The molecule has 0 radical (unpaired) electrons. The normalized spacial score (nSPS) is 17.0. The van der Waals surface area contributed by atoms with Gasteiger partial charge < -0.3 is 102 Å². The van der Waals surface area contributed by atoms with Gasteiger partial charge in [-0.25, -0.2) is 9.78 Å². The van der Waals surface area contributed by atoms with Gasteiger partial charge in [-0.05, 0) is 127 Å². The van der Waals surface area contributed by atoms with Gasteiger partial charge in [0.1, 0.15) is 60.1 Å². The van der Waals surface area contributed by atoms with Crippen molar-refractivity contribution in [3.05, 3.63) is 48.0 Å². The van der Waals surface area contributed by atoms with Crippen molar-refractivity contribution in [3.63, 3.8) is 0 Å². The van der Waals surface area contributed by atoms with E-state index in [2.05, 4.69) is 57.2 Å². The number of likely N-dealkylation sites (tertiary alicyclic amines) is 2. The lowest BCUT2D eigenvalue weighted by Gasteiger charge is -2.31. The second kappa shape index (κ2) is 37.1. The summed E-state index contributed by atoms with van der Waals surface area (Å²) in [5, 5.41) is 39.1. The third-order valence-electron chi connectivity index (χ3n) is 15.0. The Balaban J connectivity index is 1.65. The molecule has 3 heterocycles. The molecule has 9 amide bonds. The van der Waals surface area contributed by atoms with Crippen LogP contribution in [-0.4, -0.2) is 201 Å². The molecule has 88 heavy (non-hydrogen) atoms. The molecule has 32 nitrogen and oxygen atoms in total. The molecule has 2 fully saturated rings. The molecule has 2 aliphatic rings. The lowest BCUT2D eigenvalue weighted by Crippen LogP contribution is -2.61. The number of carbonyl (C=O) groups is 10. The first kappa shape index (κ1) is 71.8. The number of nitrogens with one attached hydrogen (secondary N) is 8. The van der Waals surface area contributed by atoms with E-state index in [1.54, 1.807) is 13.8 Å². The van der Waals surface area contributed by atoms with Crippen LogP contribution in [0, 0.1) is 5.92 Å². The highest BCUT2D eigenvalue weighted by Crippen LogP contribution is 2.23. The maximum Gasteiger partial charge on any atom is 0.326 e. The first-order valence-corrected chi connectivity index (χ1v) is 29.9. The molecule has 1 aromatic carbocycles. The van der Waals surface area contributed by atoms with E-state index >= 15 is 0 Å². The lowest BCUT2D eigenvalue weighted by molar-refractivity contribution is -0.149. The number of benzene rings is 1. The number of aromatic nitrogens is 2. The molecule has 4 rings (SSSR count).